The highest BCUT2D eigenvalue weighted by Crippen LogP contribution is 2.04. The molecular formula is C5H13NO6S2. The van der Waals surface area contributed by atoms with E-state index in [1.807, 2.05) is 0 Å². The summed E-state index contributed by atoms with van der Waals surface area (Å²) in [6.45, 7) is 0.303. The lowest BCUT2D eigenvalue weighted by Gasteiger charge is -2.02. The van der Waals surface area contributed by atoms with Crippen LogP contribution in [0.2, 0.25) is 0 Å². The number of nitrogens with two attached hydrogens (primary N) is 1. The number of sulfone groups is 1. The van der Waals surface area contributed by atoms with Crippen molar-refractivity contribution in [2.45, 2.75) is 6.42 Å². The minimum absolute atomic E-state index is 0.0407. The van der Waals surface area contributed by atoms with Gasteiger partial charge in [0.05, 0.1) is 18.1 Å². The van der Waals surface area contributed by atoms with Gasteiger partial charge in [0.25, 0.3) is 0 Å². The third-order valence-electron chi connectivity index (χ3n) is 1.24. The minimum Gasteiger partial charge on any atom is -0.330 e. The first-order chi connectivity index (χ1) is 6.62. The molecule has 0 aliphatic rings. The second-order valence-electron chi connectivity index (χ2n) is 2.33. The summed E-state index contributed by atoms with van der Waals surface area (Å²) >= 11 is 0.356. The molecule has 7 nitrogen and oxygen atoms in total. The van der Waals surface area contributed by atoms with Crippen molar-refractivity contribution in [1.29, 1.82) is 0 Å². The van der Waals surface area contributed by atoms with Gasteiger partial charge in [-0.15, -0.1) is 4.33 Å². The Balaban J connectivity index is 3.46. The van der Waals surface area contributed by atoms with E-state index in [1.165, 1.54) is 0 Å². The van der Waals surface area contributed by atoms with E-state index in [0.717, 1.165) is 0 Å². The van der Waals surface area contributed by atoms with E-state index in [4.69, 9.17) is 11.0 Å². The molecule has 0 atom stereocenters. The van der Waals surface area contributed by atoms with Crippen LogP contribution >= 0.6 is 12.3 Å². The Kier molecular flexibility index (Phi) is 8.47. The van der Waals surface area contributed by atoms with Crippen LogP contribution in [-0.2, 0) is 23.4 Å². The summed E-state index contributed by atoms with van der Waals surface area (Å²) in [5.41, 5.74) is 5.17. The van der Waals surface area contributed by atoms with Gasteiger partial charge in [-0.25, -0.2) is 13.7 Å². The van der Waals surface area contributed by atoms with E-state index < -0.39 is 9.84 Å². The molecule has 86 valence electrons. The van der Waals surface area contributed by atoms with Gasteiger partial charge in [0, 0.05) is 0 Å². The average molecular weight is 247 g/mol. The van der Waals surface area contributed by atoms with Gasteiger partial charge in [0.2, 0.25) is 0 Å². The summed E-state index contributed by atoms with van der Waals surface area (Å²) in [6.07, 6.45) is 0.436. The molecular weight excluding hydrogens is 234 g/mol. The Morgan fingerprint density at radius 1 is 1.36 bits per heavy atom. The van der Waals surface area contributed by atoms with Crippen LogP contribution in [-0.4, -0.2) is 38.3 Å². The summed E-state index contributed by atoms with van der Waals surface area (Å²) in [6, 6.07) is 0. The highest BCUT2D eigenvalue weighted by atomic mass is 32.2. The average Bonchev–Trinajstić information content (AvgIpc) is 2.15. The molecule has 0 aromatic carbocycles. The molecule has 0 saturated heterocycles. The number of rotatable bonds is 9. The molecule has 0 heterocycles. The summed E-state index contributed by atoms with van der Waals surface area (Å²) in [7, 11) is -3.11. The molecule has 0 aliphatic carbocycles. The molecule has 0 unspecified atom stereocenters. The maximum Gasteiger partial charge on any atom is 0.197 e. The Morgan fingerprint density at radius 2 is 2.07 bits per heavy atom. The number of hydrogen-bond donors (Lipinski definition) is 2. The Bertz CT molecular complexity index is 218. The largest absolute Gasteiger partial charge is 0.330 e. The van der Waals surface area contributed by atoms with Crippen molar-refractivity contribution < 1.29 is 27.2 Å². The first kappa shape index (κ1) is 14.1. The predicted molar refractivity (Wildman–Crippen MR) is 50.7 cm³/mol. The zero-order chi connectivity index (χ0) is 10.9. The molecule has 3 N–H and O–H groups in total. The van der Waals surface area contributed by atoms with Gasteiger partial charge in [0.15, 0.2) is 22.2 Å². The lowest BCUT2D eigenvalue weighted by atomic mass is 10.5. The van der Waals surface area contributed by atoms with Crippen LogP contribution in [0.15, 0.2) is 0 Å². The van der Waals surface area contributed by atoms with E-state index in [-0.39, 0.29) is 18.1 Å². The maximum atomic E-state index is 11.2. The Labute approximate surface area is 86.7 Å². The van der Waals surface area contributed by atoms with Crippen LogP contribution in [0.3, 0.4) is 0 Å². The molecule has 0 aliphatic heterocycles. The molecule has 9 heteroatoms. The smallest absolute Gasteiger partial charge is 0.197 e. The molecule has 0 amide bonds. The van der Waals surface area contributed by atoms with Gasteiger partial charge in [-0.3, -0.25) is 4.18 Å². The molecule has 0 bridgehead atoms. The number of hydrogen-bond acceptors (Lipinski definition) is 8. The van der Waals surface area contributed by atoms with Gasteiger partial charge in [-0.2, -0.15) is 0 Å². The van der Waals surface area contributed by atoms with Gasteiger partial charge < -0.3 is 5.73 Å². The Hall–Kier alpha value is 0.1000. The third-order valence-corrected chi connectivity index (χ3v) is 3.32. The molecule has 0 aromatic heterocycles. The highest BCUT2D eigenvalue weighted by Gasteiger charge is 2.09. The predicted octanol–water partition coefficient (Wildman–Crippen LogP) is -0.249. The fraction of sp³-hybridized carbons (Fsp3) is 1.00. The van der Waals surface area contributed by atoms with Gasteiger partial charge in [-0.05, 0) is 13.0 Å². The van der Waals surface area contributed by atoms with Crippen molar-refractivity contribution in [2.24, 2.45) is 5.73 Å². The first-order valence-corrected chi connectivity index (χ1v) is 6.28. The first-order valence-electron chi connectivity index (χ1n) is 3.79. The van der Waals surface area contributed by atoms with Gasteiger partial charge in [0.1, 0.15) is 0 Å². The highest BCUT2D eigenvalue weighted by molar-refractivity contribution is 7.91. The molecule has 0 spiro atoms. The zero-order valence-electron chi connectivity index (χ0n) is 7.42. The second kappa shape index (κ2) is 8.41. The maximum absolute atomic E-state index is 11.2. The van der Waals surface area contributed by atoms with E-state index in [0.29, 0.717) is 25.3 Å². The molecule has 14 heavy (non-hydrogen) atoms. The molecule has 0 radical (unpaired) electrons. The van der Waals surface area contributed by atoms with E-state index in [2.05, 4.69) is 13.6 Å². The van der Waals surface area contributed by atoms with Crippen molar-refractivity contribution in [2.75, 3.05) is 24.7 Å². The second-order valence-corrected chi connectivity index (χ2v) is 5.14. The molecule has 0 aromatic rings. The van der Waals surface area contributed by atoms with Crippen LogP contribution in [0.1, 0.15) is 6.42 Å². The minimum atomic E-state index is -3.11. The summed E-state index contributed by atoms with van der Waals surface area (Å²) in [4.78, 5) is 0. The topological polar surface area (TPSA) is 108 Å². The van der Waals surface area contributed by atoms with Crippen molar-refractivity contribution in [3.8, 4) is 0 Å². The fourth-order valence-electron chi connectivity index (χ4n) is 0.632. The fourth-order valence-corrected chi connectivity index (χ4v) is 2.10. The van der Waals surface area contributed by atoms with Crippen molar-refractivity contribution >= 4 is 22.2 Å². The van der Waals surface area contributed by atoms with Crippen LogP contribution < -0.4 is 5.73 Å². The van der Waals surface area contributed by atoms with Crippen LogP contribution in [0, 0.1) is 0 Å². The van der Waals surface area contributed by atoms with Crippen molar-refractivity contribution in [3.63, 3.8) is 0 Å². The van der Waals surface area contributed by atoms with E-state index in [1.54, 1.807) is 0 Å². The molecule has 0 rings (SSSR count). The van der Waals surface area contributed by atoms with E-state index >= 15 is 0 Å². The standard InChI is InChI=1S/C5H13NO6S2/c6-2-1-4-14(8,9)5-3-10-13-12-11-7/h7H,1-6H2. The third kappa shape index (κ3) is 8.69. The Morgan fingerprint density at radius 3 is 2.64 bits per heavy atom. The lowest BCUT2D eigenvalue weighted by Crippen LogP contribution is -2.17. The summed E-state index contributed by atoms with van der Waals surface area (Å²) in [5, 5.41) is 10.9. The van der Waals surface area contributed by atoms with Crippen LogP contribution in [0.25, 0.3) is 0 Å². The summed E-state index contributed by atoms with van der Waals surface area (Å²) in [5.74, 6) is -0.0658. The SMILES string of the molecule is NCCCS(=O)(=O)CCOSOOO. The summed E-state index contributed by atoms with van der Waals surface area (Å²) < 4.78 is 30.8. The normalized spacial score (nSPS) is 11.9. The van der Waals surface area contributed by atoms with Crippen LogP contribution in [0.4, 0.5) is 0 Å². The van der Waals surface area contributed by atoms with Gasteiger partial charge >= 0.3 is 0 Å². The zero-order valence-corrected chi connectivity index (χ0v) is 9.05. The van der Waals surface area contributed by atoms with Crippen molar-refractivity contribution in [1.82, 2.24) is 0 Å². The van der Waals surface area contributed by atoms with E-state index in [9.17, 15) is 8.42 Å². The molecule has 0 saturated carbocycles. The van der Waals surface area contributed by atoms with Gasteiger partial charge in [-0.1, -0.05) is 5.04 Å². The quantitative estimate of drug-likeness (QED) is 0.248. The van der Waals surface area contributed by atoms with Crippen molar-refractivity contribution in [3.05, 3.63) is 0 Å². The monoisotopic (exact) mass is 247 g/mol. The lowest BCUT2D eigenvalue weighted by molar-refractivity contribution is -0.434. The molecule has 0 fully saturated rings. The van der Waals surface area contributed by atoms with Crippen LogP contribution in [0.5, 0.6) is 0 Å².